The molecule has 84 valence electrons. The van der Waals surface area contributed by atoms with E-state index in [2.05, 4.69) is 29.0 Å². The van der Waals surface area contributed by atoms with Crippen LogP contribution in [-0.4, -0.2) is 9.97 Å². The molecule has 1 heterocycles. The Balaban J connectivity index is 2.31. The van der Waals surface area contributed by atoms with Crippen molar-refractivity contribution in [3.63, 3.8) is 0 Å². The van der Waals surface area contributed by atoms with Gasteiger partial charge >= 0.3 is 0 Å². The second kappa shape index (κ2) is 4.58. The zero-order valence-electron chi connectivity index (χ0n) is 9.13. The minimum Gasteiger partial charge on any atom is -0.369 e. The van der Waals surface area contributed by atoms with Gasteiger partial charge in [0, 0.05) is 5.56 Å². The fourth-order valence-electron chi connectivity index (χ4n) is 1.68. The lowest BCUT2D eigenvalue weighted by atomic mass is 10.1. The third kappa shape index (κ3) is 2.19. The maximum atomic E-state index is 5.98. The van der Waals surface area contributed by atoms with E-state index in [1.165, 1.54) is 5.56 Å². The van der Waals surface area contributed by atoms with Crippen LogP contribution in [-0.2, 0) is 6.42 Å². The molecule has 0 aliphatic heterocycles. The Bertz CT molecular complexity index is 474. The van der Waals surface area contributed by atoms with Crippen molar-refractivity contribution in [2.24, 2.45) is 0 Å². The molecule has 0 saturated carbocycles. The maximum absolute atomic E-state index is 5.98. The Morgan fingerprint density at radius 3 is 2.50 bits per heavy atom. The Labute approximate surface area is 99.7 Å². The normalized spacial score (nSPS) is 10.6. The van der Waals surface area contributed by atoms with Crippen LogP contribution in [0.1, 0.15) is 18.9 Å². The number of rotatable bonds is 3. The highest BCUT2D eigenvalue weighted by atomic mass is 35.5. The summed E-state index contributed by atoms with van der Waals surface area (Å²) in [4.78, 5) is 6.92. The molecule has 2 aromatic rings. The van der Waals surface area contributed by atoms with Crippen LogP contribution >= 0.6 is 11.6 Å². The Morgan fingerprint density at radius 1 is 1.31 bits per heavy atom. The second-order valence-corrected chi connectivity index (χ2v) is 4.11. The summed E-state index contributed by atoms with van der Waals surface area (Å²) in [6.45, 7) is 2.17. The molecule has 2 rings (SSSR count). The summed E-state index contributed by atoms with van der Waals surface area (Å²) in [7, 11) is 0. The number of nitrogens with zero attached hydrogens (tertiary/aromatic N) is 1. The first kappa shape index (κ1) is 11.0. The number of imidazole rings is 1. The highest BCUT2D eigenvalue weighted by Crippen LogP contribution is 2.26. The highest BCUT2D eigenvalue weighted by molar-refractivity contribution is 6.32. The van der Waals surface area contributed by atoms with Crippen LogP contribution in [0.5, 0.6) is 0 Å². The van der Waals surface area contributed by atoms with Gasteiger partial charge in [-0.2, -0.15) is 0 Å². The van der Waals surface area contributed by atoms with Gasteiger partial charge in [0.15, 0.2) is 5.95 Å². The number of hydrogen-bond acceptors (Lipinski definition) is 2. The van der Waals surface area contributed by atoms with E-state index in [4.69, 9.17) is 17.3 Å². The number of anilines is 1. The van der Waals surface area contributed by atoms with E-state index in [1.807, 2.05) is 12.1 Å². The van der Waals surface area contributed by atoms with Crippen molar-refractivity contribution in [2.45, 2.75) is 19.8 Å². The number of nitrogen functional groups attached to an aromatic ring is 1. The van der Waals surface area contributed by atoms with E-state index in [-0.39, 0.29) is 0 Å². The van der Waals surface area contributed by atoms with Gasteiger partial charge in [0.1, 0.15) is 10.8 Å². The number of halogens is 1. The molecule has 16 heavy (non-hydrogen) atoms. The average Bonchev–Trinajstić information content (AvgIpc) is 2.59. The molecule has 0 atom stereocenters. The van der Waals surface area contributed by atoms with E-state index in [0.717, 1.165) is 18.4 Å². The number of nitrogens with two attached hydrogens (primary N) is 1. The Hall–Kier alpha value is -1.48. The molecule has 0 bridgehead atoms. The smallest absolute Gasteiger partial charge is 0.199 e. The molecule has 0 spiro atoms. The molecule has 0 aliphatic carbocycles. The summed E-state index contributed by atoms with van der Waals surface area (Å²) < 4.78 is 0. The molecule has 3 nitrogen and oxygen atoms in total. The zero-order valence-corrected chi connectivity index (χ0v) is 9.88. The molecule has 4 heteroatoms. The lowest BCUT2D eigenvalue weighted by molar-refractivity contribution is 0.922. The van der Waals surface area contributed by atoms with Crippen molar-refractivity contribution in [3.05, 3.63) is 35.0 Å². The summed E-state index contributed by atoms with van der Waals surface area (Å²) in [5.74, 6) is 0.345. The van der Waals surface area contributed by atoms with E-state index < -0.39 is 0 Å². The third-order valence-electron chi connectivity index (χ3n) is 2.44. The van der Waals surface area contributed by atoms with Crippen molar-refractivity contribution >= 4 is 17.5 Å². The quantitative estimate of drug-likeness (QED) is 0.858. The number of aromatic nitrogens is 2. The summed E-state index contributed by atoms with van der Waals surface area (Å²) >= 11 is 5.98. The van der Waals surface area contributed by atoms with Crippen molar-refractivity contribution in [1.29, 1.82) is 0 Å². The Kier molecular flexibility index (Phi) is 3.15. The van der Waals surface area contributed by atoms with Crippen LogP contribution in [0.4, 0.5) is 5.95 Å². The standard InChI is InChI=1S/C12H14ClN3/c1-2-3-8-4-6-9(7-5-8)10-11(13)16-12(14)15-10/h4-7H,2-3H2,1H3,(H3,14,15,16). The summed E-state index contributed by atoms with van der Waals surface area (Å²) in [5.41, 5.74) is 8.56. The van der Waals surface area contributed by atoms with Gasteiger partial charge in [-0.1, -0.05) is 49.2 Å². The molecule has 1 aromatic carbocycles. The fraction of sp³-hybridized carbons (Fsp3) is 0.250. The number of aryl methyl sites for hydroxylation is 1. The monoisotopic (exact) mass is 235 g/mol. The van der Waals surface area contributed by atoms with Crippen molar-refractivity contribution in [2.75, 3.05) is 5.73 Å². The predicted molar refractivity (Wildman–Crippen MR) is 67.4 cm³/mol. The minimum absolute atomic E-state index is 0.345. The first-order valence-electron chi connectivity index (χ1n) is 5.31. The van der Waals surface area contributed by atoms with E-state index in [1.54, 1.807) is 0 Å². The molecular formula is C12H14ClN3. The average molecular weight is 236 g/mol. The molecule has 0 aliphatic rings. The van der Waals surface area contributed by atoms with Crippen LogP contribution < -0.4 is 5.73 Å². The number of nitrogens with one attached hydrogen (secondary N) is 1. The van der Waals surface area contributed by atoms with Gasteiger partial charge in [0.2, 0.25) is 0 Å². The SMILES string of the molecule is CCCc1ccc(-c2nc(N)[nH]c2Cl)cc1. The fourth-order valence-corrected chi connectivity index (χ4v) is 1.93. The largest absolute Gasteiger partial charge is 0.369 e. The van der Waals surface area contributed by atoms with Gasteiger partial charge in [-0.25, -0.2) is 4.98 Å². The molecule has 1 aromatic heterocycles. The third-order valence-corrected chi connectivity index (χ3v) is 2.72. The lowest BCUT2D eigenvalue weighted by Gasteiger charge is -2.01. The molecule has 0 fully saturated rings. The first-order chi connectivity index (χ1) is 7.70. The van der Waals surface area contributed by atoms with Gasteiger partial charge < -0.3 is 10.7 Å². The van der Waals surface area contributed by atoms with Gasteiger partial charge in [-0.15, -0.1) is 0 Å². The van der Waals surface area contributed by atoms with Gasteiger partial charge in [0.05, 0.1) is 0 Å². The number of H-pyrrole nitrogens is 1. The first-order valence-corrected chi connectivity index (χ1v) is 5.68. The molecule has 0 saturated heterocycles. The van der Waals surface area contributed by atoms with E-state index in [9.17, 15) is 0 Å². The molecule has 0 unspecified atom stereocenters. The minimum atomic E-state index is 0.345. The molecule has 3 N–H and O–H groups in total. The second-order valence-electron chi connectivity index (χ2n) is 3.73. The van der Waals surface area contributed by atoms with Gasteiger partial charge in [-0.05, 0) is 12.0 Å². The van der Waals surface area contributed by atoms with Crippen molar-refractivity contribution in [1.82, 2.24) is 9.97 Å². The summed E-state index contributed by atoms with van der Waals surface area (Å²) in [6.07, 6.45) is 2.24. The highest BCUT2D eigenvalue weighted by Gasteiger charge is 2.08. The van der Waals surface area contributed by atoms with E-state index in [0.29, 0.717) is 16.8 Å². The van der Waals surface area contributed by atoms with Crippen LogP contribution in [0.2, 0.25) is 5.15 Å². The van der Waals surface area contributed by atoms with E-state index >= 15 is 0 Å². The molecule has 0 amide bonds. The number of benzene rings is 1. The van der Waals surface area contributed by atoms with Crippen LogP contribution in [0.15, 0.2) is 24.3 Å². The van der Waals surface area contributed by atoms with Crippen LogP contribution in [0.25, 0.3) is 11.3 Å². The predicted octanol–water partition coefficient (Wildman–Crippen LogP) is 3.26. The Morgan fingerprint density at radius 2 is 2.00 bits per heavy atom. The maximum Gasteiger partial charge on any atom is 0.199 e. The number of aromatic amines is 1. The van der Waals surface area contributed by atoms with Crippen molar-refractivity contribution < 1.29 is 0 Å². The topological polar surface area (TPSA) is 54.7 Å². The lowest BCUT2D eigenvalue weighted by Crippen LogP contribution is -1.86. The van der Waals surface area contributed by atoms with Gasteiger partial charge in [0.25, 0.3) is 0 Å². The number of hydrogen-bond donors (Lipinski definition) is 2. The molecular weight excluding hydrogens is 222 g/mol. The summed E-state index contributed by atoms with van der Waals surface area (Å²) in [6, 6.07) is 8.24. The van der Waals surface area contributed by atoms with Crippen LogP contribution in [0.3, 0.4) is 0 Å². The van der Waals surface area contributed by atoms with Crippen LogP contribution in [0, 0.1) is 0 Å². The summed E-state index contributed by atoms with van der Waals surface area (Å²) in [5, 5.41) is 0.487. The van der Waals surface area contributed by atoms with Crippen molar-refractivity contribution in [3.8, 4) is 11.3 Å². The van der Waals surface area contributed by atoms with Gasteiger partial charge in [-0.3, -0.25) is 0 Å². The molecule has 0 radical (unpaired) electrons. The zero-order chi connectivity index (χ0) is 11.5.